The number of aliphatic carboxylic acids is 1. The standard InChI is InChI=1S/C10H17NO3S/c1-7(6-15-2)9(12)11-5-3-4-8(11)10(13)14/h7-8H,3-6H2,1-2H3,(H,13,14)/t7-,8+/m1/s1. The van der Waals surface area contributed by atoms with Crippen LogP contribution in [0.15, 0.2) is 0 Å². The van der Waals surface area contributed by atoms with E-state index in [4.69, 9.17) is 5.11 Å². The van der Waals surface area contributed by atoms with E-state index >= 15 is 0 Å². The smallest absolute Gasteiger partial charge is 0.326 e. The number of carbonyl (C=O) groups is 2. The van der Waals surface area contributed by atoms with Gasteiger partial charge in [-0.3, -0.25) is 4.79 Å². The van der Waals surface area contributed by atoms with Gasteiger partial charge in [0.2, 0.25) is 5.91 Å². The van der Waals surface area contributed by atoms with Crippen molar-refractivity contribution >= 4 is 23.6 Å². The normalized spacial score (nSPS) is 22.8. The van der Waals surface area contributed by atoms with Gasteiger partial charge in [-0.25, -0.2) is 4.79 Å². The minimum atomic E-state index is -0.878. The van der Waals surface area contributed by atoms with E-state index in [1.54, 1.807) is 11.8 Å². The predicted octanol–water partition coefficient (Wildman–Crippen LogP) is 1.06. The van der Waals surface area contributed by atoms with Gasteiger partial charge in [-0.05, 0) is 19.1 Å². The Hall–Kier alpha value is -0.710. The molecule has 4 nitrogen and oxygen atoms in total. The largest absolute Gasteiger partial charge is 0.480 e. The third-order valence-electron chi connectivity index (χ3n) is 2.66. The van der Waals surface area contributed by atoms with Crippen LogP contribution in [0.25, 0.3) is 0 Å². The van der Waals surface area contributed by atoms with Gasteiger partial charge in [0.05, 0.1) is 0 Å². The zero-order valence-electron chi connectivity index (χ0n) is 9.10. The summed E-state index contributed by atoms with van der Waals surface area (Å²) in [6.45, 7) is 2.45. The molecule has 15 heavy (non-hydrogen) atoms. The van der Waals surface area contributed by atoms with Crippen LogP contribution in [0.2, 0.25) is 0 Å². The Balaban J connectivity index is 2.62. The summed E-state index contributed by atoms with van der Waals surface area (Å²) in [5.74, 6) is -0.229. The zero-order chi connectivity index (χ0) is 11.4. The summed E-state index contributed by atoms with van der Waals surface area (Å²) in [4.78, 5) is 24.3. The first-order valence-electron chi connectivity index (χ1n) is 5.10. The van der Waals surface area contributed by atoms with Gasteiger partial charge in [-0.1, -0.05) is 6.92 Å². The number of rotatable bonds is 4. The maximum atomic E-state index is 11.9. The van der Waals surface area contributed by atoms with Crippen LogP contribution in [0, 0.1) is 5.92 Å². The summed E-state index contributed by atoms with van der Waals surface area (Å²) in [6, 6.07) is -0.596. The highest BCUT2D eigenvalue weighted by Gasteiger charge is 2.35. The summed E-state index contributed by atoms with van der Waals surface area (Å²) in [5, 5.41) is 8.95. The first-order valence-corrected chi connectivity index (χ1v) is 6.49. The van der Waals surface area contributed by atoms with E-state index in [1.807, 2.05) is 13.2 Å². The third kappa shape index (κ3) is 2.87. The van der Waals surface area contributed by atoms with Crippen LogP contribution in [-0.4, -0.2) is 46.5 Å². The summed E-state index contributed by atoms with van der Waals surface area (Å²) >= 11 is 1.61. The van der Waals surface area contributed by atoms with E-state index in [0.29, 0.717) is 13.0 Å². The van der Waals surface area contributed by atoms with Crippen molar-refractivity contribution in [2.45, 2.75) is 25.8 Å². The van der Waals surface area contributed by atoms with Crippen molar-refractivity contribution in [2.75, 3.05) is 18.6 Å². The molecule has 0 aliphatic carbocycles. The molecule has 0 radical (unpaired) electrons. The van der Waals surface area contributed by atoms with Gasteiger partial charge < -0.3 is 10.0 Å². The molecule has 1 rings (SSSR count). The number of nitrogens with zero attached hydrogens (tertiary/aromatic N) is 1. The zero-order valence-corrected chi connectivity index (χ0v) is 9.92. The molecule has 1 amide bonds. The Bertz CT molecular complexity index is 257. The SMILES string of the molecule is CSC[C@@H](C)C(=O)N1CCC[C@H]1C(=O)O. The number of likely N-dealkylation sites (tertiary alicyclic amines) is 1. The van der Waals surface area contributed by atoms with E-state index in [0.717, 1.165) is 12.2 Å². The minimum Gasteiger partial charge on any atom is -0.480 e. The Morgan fingerprint density at radius 3 is 2.80 bits per heavy atom. The minimum absolute atomic E-state index is 0.0192. The van der Waals surface area contributed by atoms with Crippen molar-refractivity contribution in [3.8, 4) is 0 Å². The number of hydrogen-bond donors (Lipinski definition) is 1. The Morgan fingerprint density at radius 2 is 2.27 bits per heavy atom. The molecule has 1 saturated heterocycles. The van der Waals surface area contributed by atoms with E-state index in [1.165, 1.54) is 4.90 Å². The molecule has 0 aromatic carbocycles. The molecule has 1 N–H and O–H groups in total. The lowest BCUT2D eigenvalue weighted by atomic mass is 10.1. The molecule has 0 spiro atoms. The number of amides is 1. The fraction of sp³-hybridized carbons (Fsp3) is 0.800. The van der Waals surface area contributed by atoms with Gasteiger partial charge in [-0.2, -0.15) is 11.8 Å². The van der Waals surface area contributed by atoms with Crippen LogP contribution in [0.5, 0.6) is 0 Å². The fourth-order valence-corrected chi connectivity index (χ4v) is 2.53. The van der Waals surface area contributed by atoms with Gasteiger partial charge in [0.25, 0.3) is 0 Å². The summed E-state index contributed by atoms with van der Waals surface area (Å²) in [7, 11) is 0. The van der Waals surface area contributed by atoms with Crippen molar-refractivity contribution in [3.63, 3.8) is 0 Å². The highest BCUT2D eigenvalue weighted by Crippen LogP contribution is 2.21. The van der Waals surface area contributed by atoms with Gasteiger partial charge in [0, 0.05) is 18.2 Å². The molecule has 0 saturated carbocycles. The van der Waals surface area contributed by atoms with E-state index in [-0.39, 0.29) is 11.8 Å². The number of thioether (sulfide) groups is 1. The molecule has 0 aromatic heterocycles. The average molecular weight is 231 g/mol. The molecule has 1 heterocycles. The van der Waals surface area contributed by atoms with E-state index in [2.05, 4.69) is 0 Å². The van der Waals surface area contributed by atoms with Crippen molar-refractivity contribution in [2.24, 2.45) is 5.92 Å². The Morgan fingerprint density at radius 1 is 1.60 bits per heavy atom. The van der Waals surface area contributed by atoms with Crippen LogP contribution in [0.1, 0.15) is 19.8 Å². The van der Waals surface area contributed by atoms with Crippen LogP contribution in [0.4, 0.5) is 0 Å². The molecular formula is C10H17NO3S. The first kappa shape index (κ1) is 12.4. The van der Waals surface area contributed by atoms with Crippen molar-refractivity contribution in [1.29, 1.82) is 0 Å². The van der Waals surface area contributed by atoms with Crippen LogP contribution < -0.4 is 0 Å². The second-order valence-electron chi connectivity index (χ2n) is 3.88. The van der Waals surface area contributed by atoms with Crippen molar-refractivity contribution < 1.29 is 14.7 Å². The summed E-state index contributed by atoms with van der Waals surface area (Å²) in [6.07, 6.45) is 3.34. The maximum absolute atomic E-state index is 11.9. The van der Waals surface area contributed by atoms with E-state index in [9.17, 15) is 9.59 Å². The summed E-state index contributed by atoms with van der Waals surface area (Å²) < 4.78 is 0. The van der Waals surface area contributed by atoms with Gasteiger partial charge in [0.15, 0.2) is 0 Å². The van der Waals surface area contributed by atoms with Crippen LogP contribution >= 0.6 is 11.8 Å². The van der Waals surface area contributed by atoms with Gasteiger partial charge in [0.1, 0.15) is 6.04 Å². The number of carbonyl (C=O) groups excluding carboxylic acids is 1. The Labute approximate surface area is 94.0 Å². The number of carboxylic acid groups (broad SMARTS) is 1. The lowest BCUT2D eigenvalue weighted by Gasteiger charge is -2.24. The maximum Gasteiger partial charge on any atom is 0.326 e. The molecule has 2 atom stereocenters. The lowest BCUT2D eigenvalue weighted by Crippen LogP contribution is -2.43. The highest BCUT2D eigenvalue weighted by atomic mass is 32.2. The molecule has 1 fully saturated rings. The molecule has 0 bridgehead atoms. The average Bonchev–Trinajstić information content (AvgIpc) is 2.65. The molecular weight excluding hydrogens is 214 g/mol. The molecule has 0 aromatic rings. The third-order valence-corrected chi connectivity index (χ3v) is 3.49. The van der Waals surface area contributed by atoms with E-state index < -0.39 is 12.0 Å². The van der Waals surface area contributed by atoms with Crippen LogP contribution in [0.3, 0.4) is 0 Å². The van der Waals surface area contributed by atoms with Crippen molar-refractivity contribution in [3.05, 3.63) is 0 Å². The Kier molecular flexibility index (Phi) is 4.45. The quantitative estimate of drug-likeness (QED) is 0.786. The second kappa shape index (κ2) is 5.39. The number of hydrogen-bond acceptors (Lipinski definition) is 3. The molecule has 1 aliphatic rings. The second-order valence-corrected chi connectivity index (χ2v) is 4.79. The molecule has 0 unspecified atom stereocenters. The monoisotopic (exact) mass is 231 g/mol. The summed E-state index contributed by atoms with van der Waals surface area (Å²) in [5.41, 5.74) is 0. The van der Waals surface area contributed by atoms with Crippen LogP contribution in [-0.2, 0) is 9.59 Å². The predicted molar refractivity (Wildman–Crippen MR) is 59.9 cm³/mol. The topological polar surface area (TPSA) is 57.6 Å². The van der Waals surface area contributed by atoms with Gasteiger partial charge in [-0.15, -0.1) is 0 Å². The van der Waals surface area contributed by atoms with Gasteiger partial charge >= 0.3 is 5.97 Å². The molecule has 5 heteroatoms. The highest BCUT2D eigenvalue weighted by molar-refractivity contribution is 7.98. The molecule has 86 valence electrons. The lowest BCUT2D eigenvalue weighted by molar-refractivity contribution is -0.149. The molecule has 1 aliphatic heterocycles. The first-order chi connectivity index (χ1) is 7.07. The number of carboxylic acids is 1. The fourth-order valence-electron chi connectivity index (χ4n) is 1.89. The van der Waals surface area contributed by atoms with Crippen molar-refractivity contribution in [1.82, 2.24) is 4.90 Å².